The van der Waals surface area contributed by atoms with Crippen molar-refractivity contribution in [1.82, 2.24) is 0 Å². The van der Waals surface area contributed by atoms with Gasteiger partial charge in [-0.3, -0.25) is 0 Å². The highest BCUT2D eigenvalue weighted by molar-refractivity contribution is 5.27. The quantitative estimate of drug-likeness (QED) is 0.746. The zero-order valence-electron chi connectivity index (χ0n) is 8.25. The van der Waals surface area contributed by atoms with Gasteiger partial charge in [-0.05, 0) is 44.4 Å². The van der Waals surface area contributed by atoms with Crippen LogP contribution in [0, 0.1) is 0 Å². The first-order valence-electron chi connectivity index (χ1n) is 4.54. The number of hydrogen-bond acceptors (Lipinski definition) is 2. The van der Waals surface area contributed by atoms with E-state index in [0.29, 0.717) is 5.75 Å². The minimum Gasteiger partial charge on any atom is -0.508 e. The third kappa shape index (κ3) is 3.95. The van der Waals surface area contributed by atoms with Gasteiger partial charge in [0.25, 0.3) is 0 Å². The molecule has 0 heterocycles. The molecule has 0 unspecified atom stereocenters. The number of aromatic hydroxyl groups is 1. The average molecular weight is 179 g/mol. The highest BCUT2D eigenvalue weighted by Gasteiger charge is 2.10. The maximum Gasteiger partial charge on any atom is 0.115 e. The first-order chi connectivity index (χ1) is 5.97. The van der Waals surface area contributed by atoms with Gasteiger partial charge in [-0.15, -0.1) is 0 Å². The molecule has 0 radical (unpaired) electrons. The van der Waals surface area contributed by atoms with Crippen molar-refractivity contribution in [1.29, 1.82) is 0 Å². The second-order valence-corrected chi connectivity index (χ2v) is 4.16. The standard InChI is InChI=1S/C11H17NO/c1-11(2,12)7-6-9-4-3-5-10(13)8-9/h3-5,8,13H,6-7,12H2,1-2H3. The van der Waals surface area contributed by atoms with Crippen molar-refractivity contribution < 1.29 is 5.11 Å². The molecule has 2 heteroatoms. The molecule has 3 N–H and O–H groups in total. The summed E-state index contributed by atoms with van der Waals surface area (Å²) in [5.74, 6) is 0.326. The molecule has 0 atom stereocenters. The SMILES string of the molecule is CC(C)(N)CCc1cccc(O)c1. The van der Waals surface area contributed by atoms with Gasteiger partial charge in [0.05, 0.1) is 0 Å². The van der Waals surface area contributed by atoms with Crippen LogP contribution in [-0.4, -0.2) is 10.6 Å². The van der Waals surface area contributed by atoms with Gasteiger partial charge in [0.1, 0.15) is 5.75 Å². The summed E-state index contributed by atoms with van der Waals surface area (Å²) in [5.41, 5.74) is 6.86. The van der Waals surface area contributed by atoms with Crippen molar-refractivity contribution in [3.63, 3.8) is 0 Å². The van der Waals surface area contributed by atoms with Crippen LogP contribution in [0.3, 0.4) is 0 Å². The molecule has 0 aliphatic heterocycles. The topological polar surface area (TPSA) is 46.2 Å². The molecule has 0 fully saturated rings. The van der Waals surface area contributed by atoms with Crippen LogP contribution in [-0.2, 0) is 6.42 Å². The van der Waals surface area contributed by atoms with E-state index in [4.69, 9.17) is 5.73 Å². The lowest BCUT2D eigenvalue weighted by atomic mass is 9.96. The Morgan fingerprint density at radius 1 is 1.38 bits per heavy atom. The van der Waals surface area contributed by atoms with E-state index < -0.39 is 0 Å². The van der Waals surface area contributed by atoms with Crippen molar-refractivity contribution in [3.8, 4) is 5.75 Å². The van der Waals surface area contributed by atoms with Gasteiger partial charge in [0.15, 0.2) is 0 Å². The Labute approximate surface area is 79.4 Å². The van der Waals surface area contributed by atoms with Crippen molar-refractivity contribution in [2.24, 2.45) is 5.73 Å². The Morgan fingerprint density at radius 3 is 2.62 bits per heavy atom. The monoisotopic (exact) mass is 179 g/mol. The number of phenols is 1. The Bertz CT molecular complexity index is 276. The van der Waals surface area contributed by atoms with E-state index in [1.165, 1.54) is 0 Å². The molecular weight excluding hydrogens is 162 g/mol. The lowest BCUT2D eigenvalue weighted by Gasteiger charge is -2.17. The molecule has 2 nitrogen and oxygen atoms in total. The van der Waals surface area contributed by atoms with Gasteiger partial charge in [-0.25, -0.2) is 0 Å². The second-order valence-electron chi connectivity index (χ2n) is 4.16. The summed E-state index contributed by atoms with van der Waals surface area (Å²) in [4.78, 5) is 0. The van der Waals surface area contributed by atoms with E-state index in [1.807, 2.05) is 26.0 Å². The minimum atomic E-state index is -0.133. The van der Waals surface area contributed by atoms with Crippen LogP contribution in [0.25, 0.3) is 0 Å². The van der Waals surface area contributed by atoms with E-state index in [2.05, 4.69) is 0 Å². The largest absolute Gasteiger partial charge is 0.508 e. The van der Waals surface area contributed by atoms with Crippen molar-refractivity contribution in [2.45, 2.75) is 32.2 Å². The van der Waals surface area contributed by atoms with Gasteiger partial charge in [0, 0.05) is 5.54 Å². The lowest BCUT2D eigenvalue weighted by Crippen LogP contribution is -2.32. The zero-order valence-corrected chi connectivity index (χ0v) is 8.25. The van der Waals surface area contributed by atoms with Gasteiger partial charge >= 0.3 is 0 Å². The molecule has 72 valence electrons. The van der Waals surface area contributed by atoms with Crippen LogP contribution in [0.2, 0.25) is 0 Å². The first-order valence-corrected chi connectivity index (χ1v) is 4.54. The molecule has 0 spiro atoms. The van der Waals surface area contributed by atoms with Crippen LogP contribution in [0.1, 0.15) is 25.8 Å². The summed E-state index contributed by atoms with van der Waals surface area (Å²) in [6.45, 7) is 4.02. The fraction of sp³-hybridized carbons (Fsp3) is 0.455. The Balaban J connectivity index is 2.55. The van der Waals surface area contributed by atoms with E-state index in [0.717, 1.165) is 18.4 Å². The number of aryl methyl sites for hydroxylation is 1. The third-order valence-corrected chi connectivity index (χ3v) is 1.97. The molecule has 0 aliphatic rings. The van der Waals surface area contributed by atoms with Crippen molar-refractivity contribution in [2.75, 3.05) is 0 Å². The molecule has 1 rings (SSSR count). The minimum absolute atomic E-state index is 0.133. The van der Waals surface area contributed by atoms with Gasteiger partial charge in [0.2, 0.25) is 0 Å². The molecule has 0 aromatic heterocycles. The summed E-state index contributed by atoms with van der Waals surface area (Å²) >= 11 is 0. The van der Waals surface area contributed by atoms with E-state index in [9.17, 15) is 5.11 Å². The summed E-state index contributed by atoms with van der Waals surface area (Å²) in [5, 5.41) is 9.21. The second kappa shape index (κ2) is 3.79. The maximum atomic E-state index is 9.21. The highest BCUT2D eigenvalue weighted by Crippen LogP contribution is 2.15. The van der Waals surface area contributed by atoms with Crippen LogP contribution in [0.15, 0.2) is 24.3 Å². The van der Waals surface area contributed by atoms with Crippen molar-refractivity contribution in [3.05, 3.63) is 29.8 Å². The lowest BCUT2D eigenvalue weighted by molar-refractivity contribution is 0.466. The fourth-order valence-electron chi connectivity index (χ4n) is 1.18. The van der Waals surface area contributed by atoms with Crippen LogP contribution >= 0.6 is 0 Å². The predicted octanol–water partition coefficient (Wildman–Crippen LogP) is 2.06. The molecule has 13 heavy (non-hydrogen) atoms. The van der Waals surface area contributed by atoms with Crippen LogP contribution in [0.4, 0.5) is 0 Å². The maximum absolute atomic E-state index is 9.21. The Kier molecular flexibility index (Phi) is 2.94. The Morgan fingerprint density at radius 2 is 2.08 bits per heavy atom. The normalized spacial score (nSPS) is 11.6. The smallest absolute Gasteiger partial charge is 0.115 e. The molecule has 0 aliphatic carbocycles. The van der Waals surface area contributed by atoms with Crippen LogP contribution < -0.4 is 5.73 Å². The van der Waals surface area contributed by atoms with Gasteiger partial charge < -0.3 is 10.8 Å². The zero-order chi connectivity index (χ0) is 9.90. The Hall–Kier alpha value is -1.02. The van der Waals surface area contributed by atoms with E-state index in [1.54, 1.807) is 12.1 Å². The first kappa shape index (κ1) is 10.1. The van der Waals surface area contributed by atoms with E-state index in [-0.39, 0.29) is 5.54 Å². The summed E-state index contributed by atoms with van der Waals surface area (Å²) < 4.78 is 0. The molecule has 0 saturated carbocycles. The molecule has 1 aromatic rings. The molecule has 0 bridgehead atoms. The average Bonchev–Trinajstić information content (AvgIpc) is 2.00. The molecule has 0 saturated heterocycles. The number of hydrogen-bond donors (Lipinski definition) is 2. The third-order valence-electron chi connectivity index (χ3n) is 1.97. The fourth-order valence-corrected chi connectivity index (χ4v) is 1.18. The van der Waals surface area contributed by atoms with E-state index >= 15 is 0 Å². The molecular formula is C11H17NO. The number of rotatable bonds is 3. The van der Waals surface area contributed by atoms with Crippen molar-refractivity contribution >= 4 is 0 Å². The summed E-state index contributed by atoms with van der Waals surface area (Å²) in [6, 6.07) is 7.32. The van der Waals surface area contributed by atoms with Gasteiger partial charge in [-0.2, -0.15) is 0 Å². The molecule has 0 amide bonds. The van der Waals surface area contributed by atoms with Gasteiger partial charge in [-0.1, -0.05) is 12.1 Å². The summed E-state index contributed by atoms with van der Waals surface area (Å²) in [6.07, 6.45) is 1.84. The highest BCUT2D eigenvalue weighted by atomic mass is 16.3. The summed E-state index contributed by atoms with van der Waals surface area (Å²) in [7, 11) is 0. The number of benzene rings is 1. The van der Waals surface area contributed by atoms with Crippen LogP contribution in [0.5, 0.6) is 5.75 Å². The number of nitrogens with two attached hydrogens (primary N) is 1. The number of phenolic OH excluding ortho intramolecular Hbond substituents is 1. The predicted molar refractivity (Wildman–Crippen MR) is 54.7 cm³/mol. The molecule has 1 aromatic carbocycles.